The Kier molecular flexibility index (Phi) is 5.72. The molecule has 1 unspecified atom stereocenters. The molecule has 6 heteroatoms. The van der Waals surface area contributed by atoms with E-state index in [0.717, 1.165) is 0 Å². The highest BCUT2D eigenvalue weighted by Crippen LogP contribution is 2.03. The lowest BCUT2D eigenvalue weighted by Crippen LogP contribution is -2.52. The molecular weight excluding hydrogens is 216 g/mol. The van der Waals surface area contributed by atoms with E-state index in [4.69, 9.17) is 5.11 Å². The molecule has 0 heterocycles. The predicted octanol–water partition coefficient (Wildman–Crippen LogP) is -1.07. The van der Waals surface area contributed by atoms with Crippen molar-refractivity contribution in [1.29, 1.82) is 0 Å². The first-order valence-electron chi connectivity index (χ1n) is 4.88. The van der Waals surface area contributed by atoms with Crippen molar-refractivity contribution < 1.29 is 13.5 Å². The largest absolute Gasteiger partial charge is 0.394 e. The number of rotatable bonds is 7. The summed E-state index contributed by atoms with van der Waals surface area (Å²) in [4.78, 5) is 1.90. The second-order valence-electron chi connectivity index (χ2n) is 4.34. The summed E-state index contributed by atoms with van der Waals surface area (Å²) in [6, 6.07) is 0. The van der Waals surface area contributed by atoms with Crippen molar-refractivity contribution in [2.75, 3.05) is 45.8 Å². The van der Waals surface area contributed by atoms with Crippen LogP contribution < -0.4 is 5.32 Å². The SMILES string of the molecule is CNC(C)(CO)CN(C)CCS(C)(=O)=O. The van der Waals surface area contributed by atoms with Crippen molar-refractivity contribution in [3.05, 3.63) is 0 Å². The average Bonchev–Trinajstić information content (AvgIpc) is 2.13. The summed E-state index contributed by atoms with van der Waals surface area (Å²) in [5, 5.41) is 12.2. The zero-order valence-electron chi connectivity index (χ0n) is 9.95. The Labute approximate surface area is 92.4 Å². The summed E-state index contributed by atoms with van der Waals surface area (Å²) < 4.78 is 21.9. The molecule has 0 aliphatic heterocycles. The van der Waals surface area contributed by atoms with E-state index in [1.165, 1.54) is 6.26 Å². The van der Waals surface area contributed by atoms with Crippen LogP contribution in [0, 0.1) is 0 Å². The van der Waals surface area contributed by atoms with E-state index in [2.05, 4.69) is 5.32 Å². The fourth-order valence-corrected chi connectivity index (χ4v) is 1.85. The van der Waals surface area contributed by atoms with E-state index in [1.54, 1.807) is 7.05 Å². The first kappa shape index (κ1) is 14.8. The molecule has 1 atom stereocenters. The highest BCUT2D eigenvalue weighted by atomic mass is 32.2. The van der Waals surface area contributed by atoms with Crippen LogP contribution >= 0.6 is 0 Å². The molecule has 15 heavy (non-hydrogen) atoms. The number of likely N-dealkylation sites (N-methyl/N-ethyl adjacent to an activating group) is 2. The van der Waals surface area contributed by atoms with Crippen molar-refractivity contribution >= 4 is 9.84 Å². The summed E-state index contributed by atoms with van der Waals surface area (Å²) in [7, 11) is 0.709. The molecule has 0 aromatic carbocycles. The fraction of sp³-hybridized carbons (Fsp3) is 1.00. The van der Waals surface area contributed by atoms with E-state index in [0.29, 0.717) is 13.1 Å². The molecular formula is C9H22N2O3S. The maximum atomic E-state index is 10.9. The molecule has 0 aromatic heterocycles. The molecule has 0 radical (unpaired) electrons. The predicted molar refractivity (Wildman–Crippen MR) is 61.8 cm³/mol. The molecule has 5 nitrogen and oxygen atoms in total. The van der Waals surface area contributed by atoms with Crippen molar-refractivity contribution in [3.63, 3.8) is 0 Å². The third kappa shape index (κ3) is 6.83. The maximum Gasteiger partial charge on any atom is 0.148 e. The van der Waals surface area contributed by atoms with Gasteiger partial charge in [-0.3, -0.25) is 0 Å². The van der Waals surface area contributed by atoms with E-state index in [9.17, 15) is 8.42 Å². The maximum absolute atomic E-state index is 10.9. The Bertz CT molecular complexity index is 273. The summed E-state index contributed by atoms with van der Waals surface area (Å²) in [5.74, 6) is 0.148. The van der Waals surface area contributed by atoms with Crippen molar-refractivity contribution in [3.8, 4) is 0 Å². The number of nitrogens with zero attached hydrogens (tertiary/aromatic N) is 1. The molecule has 92 valence electrons. The van der Waals surface area contributed by atoms with Crippen molar-refractivity contribution in [2.45, 2.75) is 12.5 Å². The van der Waals surface area contributed by atoms with Gasteiger partial charge >= 0.3 is 0 Å². The minimum absolute atomic E-state index is 0.0206. The van der Waals surface area contributed by atoms with Crippen LogP contribution in [0.25, 0.3) is 0 Å². The quantitative estimate of drug-likeness (QED) is 0.591. The van der Waals surface area contributed by atoms with Gasteiger partial charge < -0.3 is 15.3 Å². The third-order valence-corrected chi connectivity index (χ3v) is 3.34. The zero-order valence-corrected chi connectivity index (χ0v) is 10.8. The van der Waals surface area contributed by atoms with Gasteiger partial charge in [0.25, 0.3) is 0 Å². The minimum atomic E-state index is -2.91. The third-order valence-electron chi connectivity index (χ3n) is 2.42. The lowest BCUT2D eigenvalue weighted by Gasteiger charge is -2.31. The van der Waals surface area contributed by atoms with Gasteiger partial charge in [-0.2, -0.15) is 0 Å². The Morgan fingerprint density at radius 3 is 2.33 bits per heavy atom. The van der Waals surface area contributed by atoms with Crippen molar-refractivity contribution in [1.82, 2.24) is 10.2 Å². The molecule has 2 N–H and O–H groups in total. The molecule has 0 amide bonds. The highest BCUT2D eigenvalue weighted by molar-refractivity contribution is 7.90. The molecule has 0 aliphatic carbocycles. The smallest absolute Gasteiger partial charge is 0.148 e. The van der Waals surface area contributed by atoms with Crippen LogP contribution in [0.3, 0.4) is 0 Å². The zero-order chi connectivity index (χ0) is 12.1. The van der Waals surface area contributed by atoms with Gasteiger partial charge in [-0.15, -0.1) is 0 Å². The van der Waals surface area contributed by atoms with E-state index in [-0.39, 0.29) is 17.9 Å². The highest BCUT2D eigenvalue weighted by Gasteiger charge is 2.22. The number of hydrogen-bond acceptors (Lipinski definition) is 5. The van der Waals surface area contributed by atoms with E-state index < -0.39 is 9.84 Å². The van der Waals surface area contributed by atoms with Gasteiger partial charge in [0.2, 0.25) is 0 Å². The molecule has 0 aromatic rings. The normalized spacial score (nSPS) is 16.7. The molecule has 0 fully saturated rings. The molecule has 0 spiro atoms. The Morgan fingerprint density at radius 1 is 1.47 bits per heavy atom. The van der Waals surface area contributed by atoms with Gasteiger partial charge in [0.1, 0.15) is 9.84 Å². The summed E-state index contributed by atoms with van der Waals surface area (Å²) in [6.45, 7) is 3.00. The lowest BCUT2D eigenvalue weighted by molar-refractivity contribution is 0.142. The van der Waals surface area contributed by atoms with Gasteiger partial charge in [-0.25, -0.2) is 8.42 Å². The minimum Gasteiger partial charge on any atom is -0.394 e. The van der Waals surface area contributed by atoms with Gasteiger partial charge in [-0.05, 0) is 21.0 Å². The van der Waals surface area contributed by atoms with Crippen molar-refractivity contribution in [2.24, 2.45) is 0 Å². The van der Waals surface area contributed by atoms with Gasteiger partial charge in [0.15, 0.2) is 0 Å². The second kappa shape index (κ2) is 5.79. The van der Waals surface area contributed by atoms with Crippen LogP contribution in [0.4, 0.5) is 0 Å². The summed E-state index contributed by atoms with van der Waals surface area (Å²) in [6.07, 6.45) is 1.23. The lowest BCUT2D eigenvalue weighted by atomic mass is 10.0. The molecule has 0 aliphatic rings. The first-order valence-corrected chi connectivity index (χ1v) is 6.94. The van der Waals surface area contributed by atoms with Crippen LogP contribution in [0.2, 0.25) is 0 Å². The van der Waals surface area contributed by atoms with Crippen LogP contribution in [-0.2, 0) is 9.84 Å². The molecule has 0 bridgehead atoms. The Balaban J connectivity index is 4.08. The number of hydrogen-bond donors (Lipinski definition) is 2. The average molecular weight is 238 g/mol. The standard InChI is InChI=1S/C9H22N2O3S/c1-9(8-12,10-2)7-11(3)5-6-15(4,13)14/h10,12H,5-8H2,1-4H3. The monoisotopic (exact) mass is 238 g/mol. The first-order chi connectivity index (χ1) is 6.72. The second-order valence-corrected chi connectivity index (χ2v) is 6.60. The molecule has 0 rings (SSSR count). The Hall–Kier alpha value is -0.170. The molecule has 0 saturated heterocycles. The Morgan fingerprint density at radius 2 is 2.00 bits per heavy atom. The van der Waals surface area contributed by atoms with Crippen LogP contribution in [0.1, 0.15) is 6.92 Å². The van der Waals surface area contributed by atoms with Crippen LogP contribution in [-0.4, -0.2) is 69.8 Å². The topological polar surface area (TPSA) is 69.6 Å². The number of aliphatic hydroxyl groups is 1. The van der Waals surface area contributed by atoms with Crippen LogP contribution in [0.5, 0.6) is 0 Å². The summed E-state index contributed by atoms with van der Waals surface area (Å²) in [5.41, 5.74) is -0.383. The van der Waals surface area contributed by atoms with Crippen LogP contribution in [0.15, 0.2) is 0 Å². The van der Waals surface area contributed by atoms with E-state index >= 15 is 0 Å². The van der Waals surface area contributed by atoms with Gasteiger partial charge in [-0.1, -0.05) is 0 Å². The molecule has 0 saturated carbocycles. The van der Waals surface area contributed by atoms with E-state index in [1.807, 2.05) is 18.9 Å². The summed E-state index contributed by atoms with van der Waals surface area (Å²) >= 11 is 0. The number of aliphatic hydroxyl groups excluding tert-OH is 1. The fourth-order valence-electron chi connectivity index (χ4n) is 1.20. The van der Waals surface area contributed by atoms with Gasteiger partial charge in [0.05, 0.1) is 17.9 Å². The number of nitrogens with one attached hydrogen (secondary N) is 1. The van der Waals surface area contributed by atoms with Gasteiger partial charge in [0, 0.05) is 19.3 Å². The number of sulfone groups is 1.